The summed E-state index contributed by atoms with van der Waals surface area (Å²) < 4.78 is 8.79. The number of carbonyl (C=O) groups is 2. The Hall–Kier alpha value is -1.76. The van der Waals surface area contributed by atoms with E-state index in [2.05, 4.69) is 16.1 Å². The van der Waals surface area contributed by atoms with Crippen molar-refractivity contribution in [1.82, 2.24) is 0 Å². The Bertz CT molecular complexity index is 346. The molecule has 0 rings (SSSR count). The van der Waals surface area contributed by atoms with Crippen LogP contribution in [0.3, 0.4) is 0 Å². The molecular formula is C12H20O7. The third-order valence-corrected chi connectivity index (χ3v) is 2.51. The quantitative estimate of drug-likeness (QED) is 0.191. The lowest BCUT2D eigenvalue weighted by molar-refractivity contribution is -0.336. The van der Waals surface area contributed by atoms with Crippen LogP contribution < -0.4 is 0 Å². The maximum atomic E-state index is 11.4. The van der Waals surface area contributed by atoms with Gasteiger partial charge in [-0.15, -0.1) is 0 Å². The van der Waals surface area contributed by atoms with E-state index in [0.717, 1.165) is 0 Å². The zero-order chi connectivity index (χ0) is 15.2. The minimum atomic E-state index is -1.55. The van der Waals surface area contributed by atoms with Gasteiger partial charge in [0.2, 0.25) is 12.0 Å². The van der Waals surface area contributed by atoms with Gasteiger partial charge in [0.05, 0.1) is 0 Å². The van der Waals surface area contributed by atoms with Crippen molar-refractivity contribution in [1.29, 1.82) is 0 Å². The second-order valence-corrected chi connectivity index (χ2v) is 4.70. The largest absolute Gasteiger partial charge is 0.508 e. The first-order valence-electron chi connectivity index (χ1n) is 5.71. The minimum Gasteiger partial charge on any atom is -0.450 e. The first-order valence-corrected chi connectivity index (χ1v) is 5.71. The summed E-state index contributed by atoms with van der Waals surface area (Å²) in [6.45, 7) is 12.0. The highest BCUT2D eigenvalue weighted by atomic mass is 17.2. The lowest BCUT2D eigenvalue weighted by Gasteiger charge is -2.27. The van der Waals surface area contributed by atoms with Gasteiger partial charge in [0.25, 0.3) is 0 Å². The Labute approximate surface area is 112 Å². The van der Waals surface area contributed by atoms with Crippen molar-refractivity contribution in [3.05, 3.63) is 12.3 Å². The van der Waals surface area contributed by atoms with E-state index in [-0.39, 0.29) is 5.92 Å². The molecule has 1 unspecified atom stereocenters. The van der Waals surface area contributed by atoms with E-state index in [0.29, 0.717) is 0 Å². The molecule has 0 aliphatic rings. The summed E-state index contributed by atoms with van der Waals surface area (Å²) >= 11 is 0. The minimum absolute atomic E-state index is 0.144. The van der Waals surface area contributed by atoms with Gasteiger partial charge in [-0.1, -0.05) is 13.8 Å². The van der Waals surface area contributed by atoms with Crippen LogP contribution in [0.2, 0.25) is 0 Å². The second kappa shape index (κ2) is 6.98. The molecule has 19 heavy (non-hydrogen) atoms. The summed E-state index contributed by atoms with van der Waals surface area (Å²) in [5.41, 5.74) is -0.619. The van der Waals surface area contributed by atoms with Crippen molar-refractivity contribution >= 4 is 12.1 Å². The molecule has 0 bridgehead atoms. The van der Waals surface area contributed by atoms with Gasteiger partial charge in [-0.3, -0.25) is 0 Å². The summed E-state index contributed by atoms with van der Waals surface area (Å²) in [6.07, 6.45) is -2.81. The molecule has 7 nitrogen and oxygen atoms in total. The molecule has 1 N–H and O–H groups in total. The first-order chi connectivity index (χ1) is 8.56. The zero-order valence-corrected chi connectivity index (χ0v) is 11.8. The number of hydrogen-bond donors (Lipinski definition) is 1. The van der Waals surface area contributed by atoms with Crippen molar-refractivity contribution in [2.75, 3.05) is 0 Å². The Morgan fingerprint density at radius 1 is 1.16 bits per heavy atom. The van der Waals surface area contributed by atoms with Gasteiger partial charge in [-0.2, -0.15) is 4.89 Å². The lowest BCUT2D eigenvalue weighted by atomic mass is 9.95. The molecule has 0 radical (unpaired) electrons. The zero-order valence-electron chi connectivity index (χ0n) is 11.8. The van der Waals surface area contributed by atoms with Gasteiger partial charge in [0.15, 0.2) is 0 Å². The molecule has 0 aromatic heterocycles. The summed E-state index contributed by atoms with van der Waals surface area (Å²) in [5, 5.41) is 8.31. The molecule has 0 amide bonds. The van der Waals surface area contributed by atoms with E-state index in [9.17, 15) is 9.59 Å². The van der Waals surface area contributed by atoms with Crippen LogP contribution in [0.15, 0.2) is 12.3 Å². The van der Waals surface area contributed by atoms with Crippen LogP contribution in [-0.2, 0) is 24.0 Å². The molecule has 0 spiro atoms. The van der Waals surface area contributed by atoms with Gasteiger partial charge >= 0.3 is 12.1 Å². The fourth-order valence-corrected chi connectivity index (χ4v) is 0.670. The average molecular weight is 276 g/mol. The van der Waals surface area contributed by atoms with E-state index < -0.39 is 29.8 Å². The maximum absolute atomic E-state index is 11.4. The van der Waals surface area contributed by atoms with Crippen LogP contribution in [0.4, 0.5) is 4.79 Å². The highest BCUT2D eigenvalue weighted by molar-refractivity contribution is 5.85. The van der Waals surface area contributed by atoms with Gasteiger partial charge < -0.3 is 19.5 Å². The Kier molecular flexibility index (Phi) is 6.34. The molecule has 0 aromatic carbocycles. The van der Waals surface area contributed by atoms with Gasteiger partial charge in [0, 0.05) is 6.92 Å². The second-order valence-electron chi connectivity index (χ2n) is 4.70. The third kappa shape index (κ3) is 6.66. The summed E-state index contributed by atoms with van der Waals surface area (Å²) in [7, 11) is 0. The van der Waals surface area contributed by atoms with Crippen LogP contribution in [0.5, 0.6) is 0 Å². The van der Waals surface area contributed by atoms with Crippen molar-refractivity contribution < 1.29 is 33.9 Å². The predicted molar refractivity (Wildman–Crippen MR) is 64.9 cm³/mol. The van der Waals surface area contributed by atoms with E-state index in [1.807, 2.05) is 13.8 Å². The molecule has 7 heteroatoms. The molecule has 0 heterocycles. The fourth-order valence-electron chi connectivity index (χ4n) is 0.670. The molecule has 0 aromatic rings. The SMILES string of the molecule is C=C(OOC(C)(C)C(C)C)C(=O)OC(C)OC(=O)O. The third-order valence-electron chi connectivity index (χ3n) is 2.51. The molecular weight excluding hydrogens is 256 g/mol. The number of carboxylic acid groups (broad SMARTS) is 1. The van der Waals surface area contributed by atoms with Crippen LogP contribution >= 0.6 is 0 Å². The van der Waals surface area contributed by atoms with Gasteiger partial charge in [-0.05, 0) is 26.3 Å². The van der Waals surface area contributed by atoms with Gasteiger partial charge in [-0.25, -0.2) is 9.59 Å². The summed E-state index contributed by atoms with van der Waals surface area (Å²) in [6, 6.07) is 0. The molecule has 0 aliphatic carbocycles. The maximum Gasteiger partial charge on any atom is 0.508 e. The normalized spacial score (nSPS) is 12.7. The number of ether oxygens (including phenoxy) is 2. The predicted octanol–water partition coefficient (Wildman–Crippen LogP) is 2.47. The lowest BCUT2D eigenvalue weighted by Crippen LogP contribution is -2.32. The first kappa shape index (κ1) is 17.2. The van der Waals surface area contributed by atoms with Crippen LogP contribution in [-0.4, -0.2) is 29.1 Å². The molecule has 0 fully saturated rings. The summed E-state index contributed by atoms with van der Waals surface area (Å²) in [4.78, 5) is 31.5. The van der Waals surface area contributed by atoms with Crippen LogP contribution in [0.1, 0.15) is 34.6 Å². The highest BCUT2D eigenvalue weighted by Crippen LogP contribution is 2.21. The molecule has 0 saturated heterocycles. The van der Waals surface area contributed by atoms with E-state index in [4.69, 9.17) is 14.9 Å². The van der Waals surface area contributed by atoms with Crippen molar-refractivity contribution in [3.63, 3.8) is 0 Å². The van der Waals surface area contributed by atoms with Crippen LogP contribution in [0.25, 0.3) is 0 Å². The Balaban J connectivity index is 4.22. The summed E-state index contributed by atoms with van der Waals surface area (Å²) in [5.74, 6) is -1.21. The topological polar surface area (TPSA) is 91.3 Å². The van der Waals surface area contributed by atoms with E-state index in [1.54, 1.807) is 13.8 Å². The molecule has 0 saturated carbocycles. The standard InChI is InChI=1S/C12H20O7/c1-7(2)12(5,6)19-18-8(3)10(13)16-9(4)17-11(14)15/h7,9H,3H2,1-2,4-6H3,(H,14,15). The van der Waals surface area contributed by atoms with Gasteiger partial charge in [0.1, 0.15) is 5.60 Å². The van der Waals surface area contributed by atoms with Crippen molar-refractivity contribution in [3.8, 4) is 0 Å². The molecule has 110 valence electrons. The molecule has 1 atom stereocenters. The van der Waals surface area contributed by atoms with Crippen LogP contribution in [0, 0.1) is 5.92 Å². The number of hydrogen-bond acceptors (Lipinski definition) is 6. The fraction of sp³-hybridized carbons (Fsp3) is 0.667. The Morgan fingerprint density at radius 2 is 1.68 bits per heavy atom. The smallest absolute Gasteiger partial charge is 0.450 e. The molecule has 0 aliphatic heterocycles. The van der Waals surface area contributed by atoms with E-state index in [1.165, 1.54) is 6.92 Å². The van der Waals surface area contributed by atoms with Crippen molar-refractivity contribution in [2.45, 2.75) is 46.5 Å². The number of rotatable bonds is 7. The monoisotopic (exact) mass is 276 g/mol. The number of esters is 1. The number of carbonyl (C=O) groups excluding carboxylic acids is 1. The van der Waals surface area contributed by atoms with E-state index >= 15 is 0 Å². The highest BCUT2D eigenvalue weighted by Gasteiger charge is 2.27. The Morgan fingerprint density at radius 3 is 2.11 bits per heavy atom. The van der Waals surface area contributed by atoms with Crippen molar-refractivity contribution in [2.24, 2.45) is 5.92 Å². The average Bonchev–Trinajstić information content (AvgIpc) is 2.24.